The average molecular weight is 258 g/mol. The van der Waals surface area contributed by atoms with Gasteiger partial charge in [-0.1, -0.05) is 30.3 Å². The number of benzene rings is 1. The number of ether oxygens (including phenoxy) is 1. The topological polar surface area (TPSA) is 93.9 Å². The first-order valence-electron chi connectivity index (χ1n) is 5.71. The summed E-state index contributed by atoms with van der Waals surface area (Å²) < 4.78 is 5.42. The van der Waals surface area contributed by atoms with Crippen LogP contribution in [0.25, 0.3) is 11.3 Å². The van der Waals surface area contributed by atoms with E-state index in [-0.39, 0.29) is 5.69 Å². The van der Waals surface area contributed by atoms with Crippen molar-refractivity contribution >= 4 is 5.91 Å². The minimum atomic E-state index is -0.620. The van der Waals surface area contributed by atoms with Crippen LogP contribution in [0.15, 0.2) is 36.9 Å². The van der Waals surface area contributed by atoms with Gasteiger partial charge in [-0.25, -0.2) is 0 Å². The molecule has 2 aromatic rings. The predicted molar refractivity (Wildman–Crippen MR) is 70.2 cm³/mol. The van der Waals surface area contributed by atoms with Crippen LogP contribution in [0, 0.1) is 0 Å². The number of aromatic nitrogens is 3. The van der Waals surface area contributed by atoms with E-state index in [0.29, 0.717) is 18.9 Å². The standard InChI is InChI=1S/C13H14N4O2/c1-2-7-19-8-9-5-3-4-6-10(9)11-12(13(14)18)16-17-15-11/h2-6H,1,7-8H2,(H2,14,18)(H,15,16,17). The second-order valence-electron chi connectivity index (χ2n) is 3.85. The molecule has 1 aromatic heterocycles. The predicted octanol–water partition coefficient (Wildman–Crippen LogP) is 1.27. The summed E-state index contributed by atoms with van der Waals surface area (Å²) in [6.45, 7) is 4.44. The maximum atomic E-state index is 11.3. The Bertz CT molecular complexity index is 592. The molecular weight excluding hydrogens is 244 g/mol. The first-order chi connectivity index (χ1) is 9.24. The highest BCUT2D eigenvalue weighted by Gasteiger charge is 2.17. The van der Waals surface area contributed by atoms with Crippen molar-refractivity contribution in [3.8, 4) is 11.3 Å². The van der Waals surface area contributed by atoms with Crippen LogP contribution < -0.4 is 5.73 Å². The van der Waals surface area contributed by atoms with E-state index in [9.17, 15) is 4.79 Å². The molecule has 0 atom stereocenters. The number of aromatic amines is 1. The van der Waals surface area contributed by atoms with Crippen molar-refractivity contribution in [3.63, 3.8) is 0 Å². The summed E-state index contributed by atoms with van der Waals surface area (Å²) in [6, 6.07) is 7.49. The van der Waals surface area contributed by atoms with Crippen molar-refractivity contribution in [3.05, 3.63) is 48.2 Å². The summed E-state index contributed by atoms with van der Waals surface area (Å²) in [4.78, 5) is 11.3. The molecule has 19 heavy (non-hydrogen) atoms. The number of rotatable bonds is 6. The molecule has 1 aromatic carbocycles. The van der Waals surface area contributed by atoms with Crippen LogP contribution in [0.2, 0.25) is 0 Å². The summed E-state index contributed by atoms with van der Waals surface area (Å²) >= 11 is 0. The zero-order valence-corrected chi connectivity index (χ0v) is 10.3. The molecule has 0 radical (unpaired) electrons. The van der Waals surface area contributed by atoms with E-state index >= 15 is 0 Å². The van der Waals surface area contributed by atoms with Gasteiger partial charge in [-0.15, -0.1) is 6.58 Å². The third kappa shape index (κ3) is 2.86. The highest BCUT2D eigenvalue weighted by Crippen LogP contribution is 2.24. The lowest BCUT2D eigenvalue weighted by atomic mass is 10.0. The number of carbonyl (C=O) groups excluding carboxylic acids is 1. The molecular formula is C13H14N4O2. The van der Waals surface area contributed by atoms with Gasteiger partial charge in [-0.05, 0) is 5.56 Å². The van der Waals surface area contributed by atoms with Crippen molar-refractivity contribution in [1.29, 1.82) is 0 Å². The summed E-state index contributed by atoms with van der Waals surface area (Å²) in [5.41, 5.74) is 7.49. The van der Waals surface area contributed by atoms with Gasteiger partial charge in [-0.2, -0.15) is 15.4 Å². The molecule has 0 aliphatic heterocycles. The Hall–Kier alpha value is -2.47. The molecule has 1 heterocycles. The number of amides is 1. The third-order valence-corrected chi connectivity index (χ3v) is 2.55. The number of nitrogens with one attached hydrogen (secondary N) is 1. The van der Waals surface area contributed by atoms with Gasteiger partial charge in [-0.3, -0.25) is 4.79 Å². The molecule has 6 heteroatoms. The second-order valence-corrected chi connectivity index (χ2v) is 3.85. The number of nitrogens with zero attached hydrogens (tertiary/aromatic N) is 2. The third-order valence-electron chi connectivity index (χ3n) is 2.55. The fraction of sp³-hybridized carbons (Fsp3) is 0.154. The van der Waals surface area contributed by atoms with Crippen molar-refractivity contribution in [2.75, 3.05) is 6.61 Å². The van der Waals surface area contributed by atoms with Crippen molar-refractivity contribution < 1.29 is 9.53 Å². The van der Waals surface area contributed by atoms with E-state index in [4.69, 9.17) is 10.5 Å². The molecule has 6 nitrogen and oxygen atoms in total. The Morgan fingerprint density at radius 3 is 2.95 bits per heavy atom. The lowest BCUT2D eigenvalue weighted by Gasteiger charge is -2.07. The lowest BCUT2D eigenvalue weighted by molar-refractivity contribution is 0.0996. The van der Waals surface area contributed by atoms with Gasteiger partial charge in [0.1, 0.15) is 5.69 Å². The maximum absolute atomic E-state index is 11.3. The molecule has 0 saturated heterocycles. The summed E-state index contributed by atoms with van der Waals surface area (Å²) in [5.74, 6) is -0.620. The Morgan fingerprint density at radius 1 is 1.42 bits per heavy atom. The van der Waals surface area contributed by atoms with Crippen LogP contribution >= 0.6 is 0 Å². The fourth-order valence-corrected chi connectivity index (χ4v) is 1.72. The minimum Gasteiger partial charge on any atom is -0.373 e. The Kier molecular flexibility index (Phi) is 4.04. The molecule has 3 N–H and O–H groups in total. The highest BCUT2D eigenvalue weighted by atomic mass is 16.5. The Labute approximate surface area is 110 Å². The molecule has 0 saturated carbocycles. The number of hydrogen-bond acceptors (Lipinski definition) is 4. The van der Waals surface area contributed by atoms with Gasteiger partial charge in [0.05, 0.1) is 13.2 Å². The van der Waals surface area contributed by atoms with E-state index in [1.165, 1.54) is 0 Å². The second kappa shape index (κ2) is 5.92. The maximum Gasteiger partial charge on any atom is 0.271 e. The number of carbonyl (C=O) groups is 1. The van der Waals surface area contributed by atoms with Crippen LogP contribution in [0.4, 0.5) is 0 Å². The normalized spacial score (nSPS) is 10.3. The molecule has 98 valence electrons. The zero-order chi connectivity index (χ0) is 13.7. The smallest absolute Gasteiger partial charge is 0.271 e. The quantitative estimate of drug-likeness (QED) is 0.602. The molecule has 2 rings (SSSR count). The summed E-state index contributed by atoms with van der Waals surface area (Å²) in [6.07, 6.45) is 1.67. The summed E-state index contributed by atoms with van der Waals surface area (Å²) in [7, 11) is 0. The molecule has 0 aliphatic rings. The number of primary amides is 1. The van der Waals surface area contributed by atoms with Crippen LogP contribution in [0.3, 0.4) is 0 Å². The molecule has 0 unspecified atom stereocenters. The average Bonchev–Trinajstić information content (AvgIpc) is 2.89. The first-order valence-corrected chi connectivity index (χ1v) is 5.71. The number of H-pyrrole nitrogens is 1. The van der Waals surface area contributed by atoms with E-state index in [0.717, 1.165) is 11.1 Å². The SMILES string of the molecule is C=CCOCc1ccccc1-c1n[nH]nc1C(N)=O. The molecule has 0 bridgehead atoms. The first kappa shape index (κ1) is 13.0. The number of nitrogens with two attached hydrogens (primary N) is 1. The molecule has 1 amide bonds. The monoisotopic (exact) mass is 258 g/mol. The van der Waals surface area contributed by atoms with Crippen LogP contribution in [0.5, 0.6) is 0 Å². The van der Waals surface area contributed by atoms with Gasteiger partial charge >= 0.3 is 0 Å². The minimum absolute atomic E-state index is 0.121. The Balaban J connectivity index is 2.35. The summed E-state index contributed by atoms with van der Waals surface area (Å²) in [5, 5.41) is 10.2. The van der Waals surface area contributed by atoms with E-state index in [1.807, 2.05) is 24.3 Å². The number of hydrogen-bond donors (Lipinski definition) is 2. The van der Waals surface area contributed by atoms with Crippen molar-refractivity contribution in [2.45, 2.75) is 6.61 Å². The highest BCUT2D eigenvalue weighted by molar-refractivity contribution is 5.96. The van der Waals surface area contributed by atoms with E-state index in [2.05, 4.69) is 22.0 Å². The van der Waals surface area contributed by atoms with Gasteiger partial charge in [0.15, 0.2) is 5.69 Å². The molecule has 0 spiro atoms. The van der Waals surface area contributed by atoms with Crippen molar-refractivity contribution in [1.82, 2.24) is 15.4 Å². The van der Waals surface area contributed by atoms with E-state index < -0.39 is 5.91 Å². The van der Waals surface area contributed by atoms with Gasteiger partial charge in [0.25, 0.3) is 5.91 Å². The van der Waals surface area contributed by atoms with Crippen LogP contribution in [-0.2, 0) is 11.3 Å². The molecule has 0 aliphatic carbocycles. The Morgan fingerprint density at radius 2 is 2.21 bits per heavy atom. The van der Waals surface area contributed by atoms with Crippen molar-refractivity contribution in [2.24, 2.45) is 5.73 Å². The lowest BCUT2D eigenvalue weighted by Crippen LogP contribution is -2.13. The zero-order valence-electron chi connectivity index (χ0n) is 10.3. The van der Waals surface area contributed by atoms with Gasteiger partial charge < -0.3 is 10.5 Å². The largest absolute Gasteiger partial charge is 0.373 e. The van der Waals surface area contributed by atoms with Gasteiger partial charge in [0.2, 0.25) is 0 Å². The van der Waals surface area contributed by atoms with Crippen LogP contribution in [0.1, 0.15) is 16.1 Å². The van der Waals surface area contributed by atoms with E-state index in [1.54, 1.807) is 6.08 Å². The van der Waals surface area contributed by atoms with Gasteiger partial charge in [0, 0.05) is 5.56 Å². The van der Waals surface area contributed by atoms with Crippen LogP contribution in [-0.4, -0.2) is 27.9 Å². The molecule has 0 fully saturated rings. The fourth-order valence-electron chi connectivity index (χ4n) is 1.72.